The average Bonchev–Trinajstić information content (AvgIpc) is 3.56. The van der Waals surface area contributed by atoms with Gasteiger partial charge in [0.1, 0.15) is 0 Å². The molecule has 42 heavy (non-hydrogen) atoms. The Morgan fingerprint density at radius 2 is 1.62 bits per heavy atom. The number of aryl methyl sites for hydroxylation is 1. The molecule has 0 spiro atoms. The molecule has 0 amide bonds. The van der Waals surface area contributed by atoms with Gasteiger partial charge in [-0.2, -0.15) is 11.8 Å². The van der Waals surface area contributed by atoms with Gasteiger partial charge in [0.2, 0.25) is 0 Å². The van der Waals surface area contributed by atoms with Gasteiger partial charge in [0.15, 0.2) is 0 Å². The van der Waals surface area contributed by atoms with Crippen LogP contribution in [0.4, 0.5) is 0 Å². The molecule has 3 rings (SSSR count). The van der Waals surface area contributed by atoms with E-state index >= 15 is 0 Å². The molecule has 0 nitrogen and oxygen atoms in total. The standard InChI is InChI=1S/C27H42.C14H26S/c1-22(2)15-9-5-6-13-19-26-23(3)21-24(4)27(26)20-14-8-12-18-25-16-10-7-11-17-25;1-12(2)11-13(3)7-4-5-8-14-9-6-10-15-14/h6-7,10-11,13,16-17,23-24,26-27H,1,5,8-9,12,14-15,18-21H2,2-4H3;12,14H,3-11H2,1-2H3/b13-6-;/t23-,24+,26-,27?;/m0./s1. The number of unbranched alkanes of at least 4 members (excludes halogenated alkanes) is 4. The van der Waals surface area contributed by atoms with Gasteiger partial charge in [0, 0.05) is 5.25 Å². The molecule has 1 aromatic rings. The van der Waals surface area contributed by atoms with Crippen molar-refractivity contribution in [1.29, 1.82) is 0 Å². The van der Waals surface area contributed by atoms with Gasteiger partial charge in [-0.05, 0) is 138 Å². The summed E-state index contributed by atoms with van der Waals surface area (Å²) < 4.78 is 0. The maximum absolute atomic E-state index is 4.16. The minimum Gasteiger partial charge on any atom is -0.159 e. The summed E-state index contributed by atoms with van der Waals surface area (Å²) in [5.74, 6) is 5.85. The van der Waals surface area contributed by atoms with Crippen LogP contribution in [-0.4, -0.2) is 11.0 Å². The van der Waals surface area contributed by atoms with Gasteiger partial charge in [-0.3, -0.25) is 0 Å². The van der Waals surface area contributed by atoms with E-state index in [1.54, 1.807) is 0 Å². The van der Waals surface area contributed by atoms with Gasteiger partial charge in [-0.15, -0.1) is 6.58 Å². The van der Waals surface area contributed by atoms with E-state index in [1.807, 2.05) is 0 Å². The zero-order valence-electron chi connectivity index (χ0n) is 28.6. The van der Waals surface area contributed by atoms with Gasteiger partial charge in [0.25, 0.3) is 0 Å². The fraction of sp³-hybridized carbons (Fsp3) is 0.707. The van der Waals surface area contributed by atoms with Crippen molar-refractivity contribution >= 4 is 11.8 Å². The summed E-state index contributed by atoms with van der Waals surface area (Å²) in [6, 6.07) is 11.0. The number of allylic oxidation sites excluding steroid dienone is 4. The predicted molar refractivity (Wildman–Crippen MR) is 194 cm³/mol. The number of rotatable bonds is 19. The fourth-order valence-corrected chi connectivity index (χ4v) is 8.74. The van der Waals surface area contributed by atoms with E-state index in [-0.39, 0.29) is 0 Å². The molecule has 0 aromatic heterocycles. The van der Waals surface area contributed by atoms with E-state index in [4.69, 9.17) is 0 Å². The summed E-state index contributed by atoms with van der Waals surface area (Å²) in [6.07, 6.45) is 27.7. The summed E-state index contributed by atoms with van der Waals surface area (Å²) in [4.78, 5) is 0. The number of hydrogen-bond donors (Lipinski definition) is 0. The first-order valence-electron chi connectivity index (χ1n) is 17.9. The molecule has 1 aromatic carbocycles. The van der Waals surface area contributed by atoms with Crippen molar-refractivity contribution in [1.82, 2.24) is 0 Å². The normalized spacial score (nSPS) is 23.8. The highest BCUT2D eigenvalue weighted by Crippen LogP contribution is 2.45. The Kier molecular flexibility index (Phi) is 19.7. The van der Waals surface area contributed by atoms with E-state index in [2.05, 4.69) is 102 Å². The topological polar surface area (TPSA) is 0 Å². The Morgan fingerprint density at radius 3 is 2.31 bits per heavy atom. The Balaban J connectivity index is 0.000000347. The minimum absolute atomic E-state index is 0.780. The predicted octanol–water partition coefficient (Wildman–Crippen LogP) is 13.4. The minimum atomic E-state index is 0.780. The molecule has 0 bridgehead atoms. The number of thioether (sulfide) groups is 1. The second kappa shape index (κ2) is 22.3. The van der Waals surface area contributed by atoms with Gasteiger partial charge < -0.3 is 0 Å². The fourth-order valence-electron chi connectivity index (χ4n) is 7.41. The van der Waals surface area contributed by atoms with Crippen molar-refractivity contribution in [3.8, 4) is 0 Å². The average molecular weight is 593 g/mol. The first-order valence-corrected chi connectivity index (χ1v) is 18.9. The SMILES string of the molecule is C=C(C)CCC/C=C\C[C@@H]1C(CCCCCc2ccccc2)[C@H](C)C[C@@H]1C.C=C(CCCCC1CCCS1)CC(C)C. The van der Waals surface area contributed by atoms with Gasteiger partial charge >= 0.3 is 0 Å². The van der Waals surface area contributed by atoms with Crippen molar-refractivity contribution in [3.63, 3.8) is 0 Å². The third-order valence-corrected chi connectivity index (χ3v) is 11.1. The van der Waals surface area contributed by atoms with Crippen LogP contribution in [-0.2, 0) is 6.42 Å². The first kappa shape index (κ1) is 37.0. The van der Waals surface area contributed by atoms with Crippen LogP contribution in [0.2, 0.25) is 0 Å². The summed E-state index contributed by atoms with van der Waals surface area (Å²) in [5.41, 5.74) is 4.27. The molecule has 1 aliphatic carbocycles. The van der Waals surface area contributed by atoms with Crippen LogP contribution in [0.15, 0.2) is 66.8 Å². The molecule has 2 unspecified atom stereocenters. The van der Waals surface area contributed by atoms with Gasteiger partial charge in [0.05, 0.1) is 0 Å². The van der Waals surface area contributed by atoms with Crippen molar-refractivity contribution in [3.05, 3.63) is 72.4 Å². The lowest BCUT2D eigenvalue weighted by Gasteiger charge is -2.24. The second-order valence-corrected chi connectivity index (χ2v) is 15.8. The Labute approximate surface area is 267 Å². The monoisotopic (exact) mass is 593 g/mol. The summed E-state index contributed by atoms with van der Waals surface area (Å²) in [5, 5.41) is 0.989. The lowest BCUT2D eigenvalue weighted by atomic mass is 9.82. The zero-order chi connectivity index (χ0) is 30.6. The van der Waals surface area contributed by atoms with E-state index in [9.17, 15) is 0 Å². The highest BCUT2D eigenvalue weighted by molar-refractivity contribution is 8.00. The molecule has 1 heteroatoms. The molecule has 1 aliphatic heterocycles. The third kappa shape index (κ3) is 16.6. The number of hydrogen-bond acceptors (Lipinski definition) is 1. The Morgan fingerprint density at radius 1 is 0.881 bits per heavy atom. The van der Waals surface area contributed by atoms with Crippen LogP contribution in [0, 0.1) is 29.6 Å². The summed E-state index contributed by atoms with van der Waals surface area (Å²) in [7, 11) is 0. The van der Waals surface area contributed by atoms with Gasteiger partial charge in [-0.25, -0.2) is 0 Å². The van der Waals surface area contributed by atoms with Crippen LogP contribution in [0.1, 0.15) is 143 Å². The van der Waals surface area contributed by atoms with Crippen molar-refractivity contribution in [2.75, 3.05) is 5.75 Å². The maximum atomic E-state index is 4.16. The third-order valence-electron chi connectivity index (χ3n) is 9.68. The molecule has 1 saturated heterocycles. The molecule has 1 saturated carbocycles. The molecule has 238 valence electrons. The van der Waals surface area contributed by atoms with E-state index in [1.165, 1.54) is 132 Å². The van der Waals surface area contributed by atoms with Crippen molar-refractivity contribution < 1.29 is 0 Å². The molecule has 1 heterocycles. The van der Waals surface area contributed by atoms with E-state index in [0.29, 0.717) is 0 Å². The molecule has 2 aliphatic rings. The van der Waals surface area contributed by atoms with Gasteiger partial charge in [-0.1, -0.05) is 107 Å². The van der Waals surface area contributed by atoms with Crippen LogP contribution < -0.4 is 0 Å². The highest BCUT2D eigenvalue weighted by atomic mass is 32.2. The second-order valence-electron chi connectivity index (χ2n) is 14.4. The molecule has 0 radical (unpaired) electrons. The van der Waals surface area contributed by atoms with E-state index < -0.39 is 0 Å². The molecule has 0 N–H and O–H groups in total. The Hall–Kier alpha value is -1.21. The zero-order valence-corrected chi connectivity index (χ0v) is 29.4. The van der Waals surface area contributed by atoms with Crippen LogP contribution in [0.25, 0.3) is 0 Å². The van der Waals surface area contributed by atoms with Crippen LogP contribution in [0.3, 0.4) is 0 Å². The van der Waals surface area contributed by atoms with Crippen LogP contribution in [0.5, 0.6) is 0 Å². The molecular formula is C41H68S. The lowest BCUT2D eigenvalue weighted by Crippen LogP contribution is -2.15. The molecule has 5 atom stereocenters. The Bertz CT molecular complexity index is 858. The van der Waals surface area contributed by atoms with E-state index in [0.717, 1.165) is 34.8 Å². The molecular weight excluding hydrogens is 525 g/mol. The van der Waals surface area contributed by atoms with Crippen molar-refractivity contribution in [2.45, 2.75) is 149 Å². The lowest BCUT2D eigenvalue weighted by molar-refractivity contribution is 0.275. The van der Waals surface area contributed by atoms with Crippen molar-refractivity contribution in [2.24, 2.45) is 29.6 Å². The van der Waals surface area contributed by atoms with Crippen LogP contribution >= 0.6 is 11.8 Å². The highest BCUT2D eigenvalue weighted by Gasteiger charge is 2.37. The smallest absolute Gasteiger partial charge is 0.00473 e. The largest absolute Gasteiger partial charge is 0.159 e. The molecule has 2 fully saturated rings. The summed E-state index contributed by atoms with van der Waals surface area (Å²) in [6.45, 7) is 19.8. The maximum Gasteiger partial charge on any atom is 0.00473 e. The quantitative estimate of drug-likeness (QED) is 0.114. The summed E-state index contributed by atoms with van der Waals surface area (Å²) >= 11 is 2.19. The first-order chi connectivity index (χ1) is 20.3. The number of benzene rings is 1.